The molecule has 0 radical (unpaired) electrons. The van der Waals surface area contributed by atoms with Gasteiger partial charge in [-0.2, -0.15) is 0 Å². The second-order valence-electron chi connectivity index (χ2n) is 14.3. The molecular formula is C40H79N3O6S. The number of hydrogen-bond donors (Lipinski definition) is 2. The lowest BCUT2D eigenvalue weighted by Crippen LogP contribution is -2.58. The third-order valence-corrected chi connectivity index (χ3v) is 9.77. The summed E-state index contributed by atoms with van der Waals surface area (Å²) >= 11 is 1.61. The fraction of sp³-hybridized carbons (Fsp3) is 0.925. The third kappa shape index (κ3) is 32.5. The van der Waals surface area contributed by atoms with Gasteiger partial charge >= 0.3 is 17.9 Å². The average Bonchev–Trinajstić information content (AvgIpc) is 3.10. The van der Waals surface area contributed by atoms with Gasteiger partial charge in [0.05, 0.1) is 0 Å². The van der Waals surface area contributed by atoms with Crippen LogP contribution in [0.25, 0.3) is 0 Å². The molecule has 0 rings (SSSR count). The van der Waals surface area contributed by atoms with Gasteiger partial charge in [-0.15, -0.1) is 0 Å². The van der Waals surface area contributed by atoms with Crippen LogP contribution in [0, 0.1) is 0 Å². The molecule has 0 bridgehead atoms. The molecule has 0 aliphatic heterocycles. The van der Waals surface area contributed by atoms with Crippen LogP contribution in [0.1, 0.15) is 175 Å². The van der Waals surface area contributed by atoms with Crippen molar-refractivity contribution < 1.29 is 28.6 Å². The molecule has 0 fully saturated rings. The number of hydrogen-bond acceptors (Lipinski definition) is 10. The Hall–Kier alpha value is -1.36. The molecule has 0 aromatic carbocycles. The number of likely N-dealkylation sites (N-methyl/N-ethyl adjacent to an activating group) is 1. The van der Waals surface area contributed by atoms with Gasteiger partial charge < -0.3 is 24.4 Å². The van der Waals surface area contributed by atoms with Crippen molar-refractivity contribution >= 4 is 29.9 Å². The number of carbonyl (C=O) groups excluding carboxylic acids is 3. The van der Waals surface area contributed by atoms with E-state index in [0.717, 1.165) is 76.6 Å². The third-order valence-electron chi connectivity index (χ3n) is 8.95. The number of rotatable bonds is 38. The second kappa shape index (κ2) is 36.0. The largest absolute Gasteiger partial charge is 0.463 e. The van der Waals surface area contributed by atoms with Crippen LogP contribution in [0.15, 0.2) is 0 Å². The summed E-state index contributed by atoms with van der Waals surface area (Å²) in [4.78, 5) is 40.7. The van der Waals surface area contributed by atoms with Crippen molar-refractivity contribution in [3.63, 3.8) is 0 Å². The molecular weight excluding hydrogens is 651 g/mol. The Kier molecular flexibility index (Phi) is 35.0. The second-order valence-corrected chi connectivity index (χ2v) is 15.3. The SMILES string of the molecule is CCCCCCCCCC(=O)OCC(COC(=O)CCCCCCCCC)(COC(=O)CCCCCCCCC)NCCSNCCN(C)C. The Morgan fingerprint density at radius 3 is 1.20 bits per heavy atom. The van der Waals surface area contributed by atoms with Crippen LogP contribution >= 0.6 is 11.9 Å². The Bertz CT molecular complexity index is 717. The van der Waals surface area contributed by atoms with Crippen LogP contribution in [-0.4, -0.2) is 87.6 Å². The molecule has 0 atom stereocenters. The van der Waals surface area contributed by atoms with E-state index in [1.54, 1.807) is 11.9 Å². The van der Waals surface area contributed by atoms with Gasteiger partial charge in [-0.3, -0.25) is 19.1 Å². The first-order valence-electron chi connectivity index (χ1n) is 20.5. The molecule has 0 saturated carbocycles. The zero-order valence-electron chi connectivity index (χ0n) is 33.2. The molecule has 0 amide bonds. The van der Waals surface area contributed by atoms with Crippen molar-refractivity contribution in [3.05, 3.63) is 0 Å². The predicted octanol–water partition coefficient (Wildman–Crippen LogP) is 9.17. The van der Waals surface area contributed by atoms with E-state index in [1.807, 2.05) is 14.1 Å². The maximum absolute atomic E-state index is 12.9. The molecule has 0 aliphatic rings. The van der Waals surface area contributed by atoms with Gasteiger partial charge in [0.15, 0.2) is 0 Å². The number of nitrogens with zero attached hydrogens (tertiary/aromatic N) is 1. The van der Waals surface area contributed by atoms with Crippen molar-refractivity contribution in [1.29, 1.82) is 0 Å². The van der Waals surface area contributed by atoms with Crippen LogP contribution in [-0.2, 0) is 28.6 Å². The van der Waals surface area contributed by atoms with Gasteiger partial charge in [-0.25, -0.2) is 0 Å². The quantitative estimate of drug-likeness (QED) is 0.0277. The van der Waals surface area contributed by atoms with E-state index in [9.17, 15) is 14.4 Å². The minimum absolute atomic E-state index is 0.0313. The van der Waals surface area contributed by atoms with E-state index in [-0.39, 0.29) is 37.7 Å². The monoisotopic (exact) mass is 730 g/mol. The van der Waals surface area contributed by atoms with E-state index >= 15 is 0 Å². The van der Waals surface area contributed by atoms with Gasteiger partial charge in [-0.1, -0.05) is 148 Å². The minimum atomic E-state index is -1.02. The summed E-state index contributed by atoms with van der Waals surface area (Å²) in [5.74, 6) is -0.0752. The molecule has 0 saturated heterocycles. The van der Waals surface area contributed by atoms with Crippen molar-refractivity contribution in [2.24, 2.45) is 0 Å². The van der Waals surface area contributed by atoms with Crippen LogP contribution in [0.2, 0.25) is 0 Å². The number of carbonyl (C=O) groups is 3. The Balaban J connectivity index is 5.32. The number of unbranched alkanes of at least 4 members (excludes halogenated alkanes) is 18. The highest BCUT2D eigenvalue weighted by Gasteiger charge is 2.35. The molecule has 10 heteroatoms. The molecule has 0 aromatic rings. The molecule has 0 unspecified atom stereocenters. The zero-order chi connectivity index (χ0) is 37.0. The molecule has 50 heavy (non-hydrogen) atoms. The van der Waals surface area contributed by atoms with Crippen molar-refractivity contribution in [2.45, 2.75) is 180 Å². The van der Waals surface area contributed by atoms with E-state index in [1.165, 1.54) is 77.0 Å². The van der Waals surface area contributed by atoms with Gasteiger partial charge in [-0.05, 0) is 33.4 Å². The first-order chi connectivity index (χ1) is 24.3. The lowest BCUT2D eigenvalue weighted by Gasteiger charge is -2.33. The summed E-state index contributed by atoms with van der Waals surface area (Å²) in [5.41, 5.74) is -1.02. The normalized spacial score (nSPS) is 11.6. The Morgan fingerprint density at radius 1 is 0.520 bits per heavy atom. The van der Waals surface area contributed by atoms with E-state index in [2.05, 4.69) is 35.7 Å². The van der Waals surface area contributed by atoms with Gasteiger partial charge in [0.1, 0.15) is 25.4 Å². The standard InChI is InChI=1S/C40H79N3O6S/c1-6-9-12-15-18-21-24-27-37(44)47-34-40(41-31-33-50-42-30-32-43(4)5,35-48-38(45)28-25-22-19-16-13-10-7-2)36-49-39(46)29-26-23-20-17-14-11-8-3/h41-42H,6-36H2,1-5H3. The molecule has 9 nitrogen and oxygen atoms in total. The summed E-state index contributed by atoms with van der Waals surface area (Å²) in [6, 6.07) is 0. The minimum Gasteiger partial charge on any atom is -0.463 e. The molecule has 2 N–H and O–H groups in total. The summed E-state index contributed by atoms with van der Waals surface area (Å²) in [5, 5.41) is 3.48. The molecule has 0 spiro atoms. The van der Waals surface area contributed by atoms with E-state index in [4.69, 9.17) is 14.2 Å². The van der Waals surface area contributed by atoms with Crippen LogP contribution < -0.4 is 10.0 Å². The highest BCUT2D eigenvalue weighted by molar-refractivity contribution is 7.97. The molecule has 296 valence electrons. The number of esters is 3. The van der Waals surface area contributed by atoms with Crippen molar-refractivity contribution in [2.75, 3.05) is 59.3 Å². The predicted molar refractivity (Wildman–Crippen MR) is 210 cm³/mol. The fourth-order valence-electron chi connectivity index (χ4n) is 5.61. The van der Waals surface area contributed by atoms with Crippen LogP contribution in [0.3, 0.4) is 0 Å². The number of ether oxygens (including phenoxy) is 3. The van der Waals surface area contributed by atoms with Crippen LogP contribution in [0.4, 0.5) is 0 Å². The molecule has 0 aromatic heterocycles. The molecule has 0 heterocycles. The maximum Gasteiger partial charge on any atom is 0.305 e. The van der Waals surface area contributed by atoms with Gasteiger partial charge in [0, 0.05) is 44.6 Å². The highest BCUT2D eigenvalue weighted by atomic mass is 32.2. The molecule has 0 aliphatic carbocycles. The highest BCUT2D eigenvalue weighted by Crippen LogP contribution is 2.16. The zero-order valence-corrected chi connectivity index (χ0v) is 34.0. The van der Waals surface area contributed by atoms with Gasteiger partial charge in [0.2, 0.25) is 0 Å². The summed E-state index contributed by atoms with van der Waals surface area (Å²) < 4.78 is 20.8. The Morgan fingerprint density at radius 2 is 0.860 bits per heavy atom. The first-order valence-corrected chi connectivity index (χ1v) is 21.5. The van der Waals surface area contributed by atoms with E-state index < -0.39 is 5.54 Å². The topological polar surface area (TPSA) is 106 Å². The van der Waals surface area contributed by atoms with Crippen LogP contribution in [0.5, 0.6) is 0 Å². The summed E-state index contributed by atoms with van der Waals surface area (Å²) in [6.07, 6.45) is 24.6. The fourth-order valence-corrected chi connectivity index (χ4v) is 6.19. The van der Waals surface area contributed by atoms with Crippen molar-refractivity contribution in [3.8, 4) is 0 Å². The first kappa shape index (κ1) is 48.6. The lowest BCUT2D eigenvalue weighted by atomic mass is 10.0. The Labute approximate surface area is 312 Å². The van der Waals surface area contributed by atoms with E-state index in [0.29, 0.717) is 25.8 Å². The maximum atomic E-state index is 12.9. The number of nitrogens with one attached hydrogen (secondary N) is 2. The lowest BCUT2D eigenvalue weighted by molar-refractivity contribution is -0.157. The average molecular weight is 730 g/mol. The smallest absolute Gasteiger partial charge is 0.305 e. The summed E-state index contributed by atoms with van der Waals surface area (Å²) in [6.45, 7) is 8.88. The van der Waals surface area contributed by atoms with Gasteiger partial charge in [0.25, 0.3) is 0 Å². The summed E-state index contributed by atoms with van der Waals surface area (Å²) in [7, 11) is 4.09. The van der Waals surface area contributed by atoms with Crippen molar-refractivity contribution in [1.82, 2.24) is 14.9 Å².